The molecule has 1 heterocycles. The zero-order valence-electron chi connectivity index (χ0n) is 27.4. The summed E-state index contributed by atoms with van der Waals surface area (Å²) in [5, 5.41) is 28.6. The Morgan fingerprint density at radius 3 is 1.95 bits per heavy atom. The summed E-state index contributed by atoms with van der Waals surface area (Å²) >= 11 is 0. The molecule has 0 spiro atoms. The molecule has 0 aliphatic heterocycles. The number of rotatable bonds is 19. The van der Waals surface area contributed by atoms with Gasteiger partial charge in [-0.15, -0.1) is 5.11 Å². The molecule has 0 aliphatic rings. The van der Waals surface area contributed by atoms with E-state index in [-0.39, 0.29) is 23.0 Å². The molecule has 0 saturated carbocycles. The highest BCUT2D eigenvalue weighted by atomic mass is 16.3. The molecule has 1 amide bonds. The van der Waals surface area contributed by atoms with Crippen molar-refractivity contribution in [3.05, 3.63) is 51.3 Å². The Morgan fingerprint density at radius 2 is 1.47 bits per heavy atom. The maximum Gasteiger partial charge on any atom is 0.281 e. The van der Waals surface area contributed by atoms with Crippen LogP contribution in [0, 0.1) is 30.1 Å². The van der Waals surface area contributed by atoms with Crippen molar-refractivity contribution in [1.82, 2.24) is 9.47 Å². The lowest BCUT2D eigenvalue weighted by Gasteiger charge is -2.31. The predicted octanol–water partition coefficient (Wildman–Crippen LogP) is 9.21. The molecule has 2 atom stereocenters. The van der Waals surface area contributed by atoms with Gasteiger partial charge >= 0.3 is 0 Å². The Kier molecular flexibility index (Phi) is 15.7. The van der Waals surface area contributed by atoms with Gasteiger partial charge in [-0.2, -0.15) is 10.4 Å². The summed E-state index contributed by atoms with van der Waals surface area (Å²) in [5.41, 5.74) is 0.992. The van der Waals surface area contributed by atoms with Gasteiger partial charge < -0.3 is 10.0 Å². The second kappa shape index (κ2) is 18.9. The Morgan fingerprint density at radius 1 is 0.907 bits per heavy atom. The van der Waals surface area contributed by atoms with E-state index in [1.54, 1.807) is 31.2 Å². The highest BCUT2D eigenvalue weighted by Crippen LogP contribution is 2.28. The van der Waals surface area contributed by atoms with Crippen molar-refractivity contribution >= 4 is 17.3 Å². The fraction of sp³-hybridized carbons (Fsp3) is 0.629. The zero-order valence-corrected chi connectivity index (χ0v) is 27.4. The van der Waals surface area contributed by atoms with Gasteiger partial charge in [0.15, 0.2) is 5.69 Å². The number of carbonyl (C=O) groups is 1. The van der Waals surface area contributed by atoms with Gasteiger partial charge in [-0.25, -0.2) is 0 Å². The number of azo groups is 1. The minimum absolute atomic E-state index is 0.0275. The monoisotopic (exact) mass is 591 g/mol. The van der Waals surface area contributed by atoms with E-state index in [1.165, 1.54) is 17.4 Å². The molecule has 2 rings (SSSR count). The first kappa shape index (κ1) is 35.7. The molecule has 43 heavy (non-hydrogen) atoms. The van der Waals surface area contributed by atoms with Crippen molar-refractivity contribution in [3.8, 4) is 11.9 Å². The first-order valence-corrected chi connectivity index (χ1v) is 16.4. The van der Waals surface area contributed by atoms with Crippen LogP contribution in [0.15, 0.2) is 39.3 Å². The van der Waals surface area contributed by atoms with Crippen LogP contribution in [0.5, 0.6) is 5.88 Å². The maximum absolute atomic E-state index is 13.8. The fourth-order valence-corrected chi connectivity index (χ4v) is 5.44. The first-order valence-electron chi connectivity index (χ1n) is 16.4. The number of aromatic hydroxyl groups is 1. The summed E-state index contributed by atoms with van der Waals surface area (Å²) in [6.45, 7) is 14.3. The predicted molar refractivity (Wildman–Crippen MR) is 174 cm³/mol. The molecule has 8 heteroatoms. The highest BCUT2D eigenvalue weighted by molar-refractivity contribution is 5.94. The summed E-state index contributed by atoms with van der Waals surface area (Å²) in [6.07, 6.45) is 11.6. The van der Waals surface area contributed by atoms with Gasteiger partial charge in [0.05, 0.1) is 5.69 Å². The van der Waals surface area contributed by atoms with E-state index >= 15 is 0 Å². The van der Waals surface area contributed by atoms with Gasteiger partial charge in [-0.3, -0.25) is 14.2 Å². The first-order chi connectivity index (χ1) is 20.8. The molecule has 1 aromatic carbocycles. The number of benzene rings is 1. The molecular weight excluding hydrogens is 538 g/mol. The van der Waals surface area contributed by atoms with Gasteiger partial charge in [0.1, 0.15) is 11.6 Å². The van der Waals surface area contributed by atoms with Crippen molar-refractivity contribution < 1.29 is 9.90 Å². The van der Waals surface area contributed by atoms with Crippen LogP contribution in [-0.4, -0.2) is 33.6 Å². The second-order valence-electron chi connectivity index (χ2n) is 11.7. The number of pyridine rings is 1. The number of nitriles is 1. The summed E-state index contributed by atoms with van der Waals surface area (Å²) in [6, 6.07) is 9.01. The number of amides is 1. The molecule has 1 N–H and O–H groups in total. The normalized spacial score (nSPS) is 12.8. The molecule has 8 nitrogen and oxygen atoms in total. The summed E-state index contributed by atoms with van der Waals surface area (Å²) in [5.74, 6) is 0.681. The van der Waals surface area contributed by atoms with E-state index in [9.17, 15) is 20.0 Å². The van der Waals surface area contributed by atoms with Gasteiger partial charge in [0.25, 0.3) is 11.5 Å². The van der Waals surface area contributed by atoms with Crippen LogP contribution in [-0.2, 0) is 6.54 Å². The molecule has 0 radical (unpaired) electrons. The van der Waals surface area contributed by atoms with Crippen LogP contribution in [0.2, 0.25) is 0 Å². The Hall–Kier alpha value is -3.47. The fourth-order valence-electron chi connectivity index (χ4n) is 5.44. The summed E-state index contributed by atoms with van der Waals surface area (Å²) in [4.78, 5) is 29.0. The lowest BCUT2D eigenvalue weighted by Crippen LogP contribution is -2.39. The Balaban J connectivity index is 2.33. The standard InChI is InChI=1S/C35H53N5O3/c1-7-12-15-22-40-34(42)31(23-36)26(6)32(35(40)43)38-37-30-20-18-29(19-21-30)33(41)39(24-27(10-4)16-13-8-2)25-28(11-5)17-14-9-3/h18-21,27-28,42H,7-17,22,24-25H2,1-6H3. The minimum Gasteiger partial charge on any atom is -0.493 e. The van der Waals surface area contributed by atoms with Gasteiger partial charge in [0.2, 0.25) is 5.88 Å². The van der Waals surface area contributed by atoms with Crippen LogP contribution in [0.3, 0.4) is 0 Å². The zero-order chi connectivity index (χ0) is 31.8. The van der Waals surface area contributed by atoms with Crippen molar-refractivity contribution in [2.75, 3.05) is 13.1 Å². The quantitative estimate of drug-likeness (QED) is 0.130. The lowest BCUT2D eigenvalue weighted by molar-refractivity contribution is 0.0685. The van der Waals surface area contributed by atoms with E-state index in [4.69, 9.17) is 0 Å². The van der Waals surface area contributed by atoms with E-state index in [0.717, 1.165) is 64.5 Å². The Bertz CT molecular complexity index is 1260. The van der Waals surface area contributed by atoms with Crippen LogP contribution < -0.4 is 5.56 Å². The molecule has 0 aliphatic carbocycles. The molecule has 2 aromatic rings. The van der Waals surface area contributed by atoms with Crippen LogP contribution >= 0.6 is 0 Å². The van der Waals surface area contributed by atoms with Gasteiger partial charge in [0, 0.05) is 30.8 Å². The van der Waals surface area contributed by atoms with Crippen molar-refractivity contribution in [1.29, 1.82) is 5.26 Å². The number of aromatic nitrogens is 1. The molecule has 2 unspecified atom stereocenters. The summed E-state index contributed by atoms with van der Waals surface area (Å²) in [7, 11) is 0. The molecule has 0 bridgehead atoms. The molecule has 0 saturated heterocycles. The largest absolute Gasteiger partial charge is 0.493 e. The lowest BCUT2D eigenvalue weighted by atomic mass is 9.95. The third-order valence-electron chi connectivity index (χ3n) is 8.46. The van der Waals surface area contributed by atoms with E-state index in [0.29, 0.717) is 41.6 Å². The van der Waals surface area contributed by atoms with E-state index in [2.05, 4.69) is 49.7 Å². The number of hydrogen-bond donors (Lipinski definition) is 1. The molecule has 0 fully saturated rings. The maximum atomic E-state index is 13.8. The van der Waals surface area contributed by atoms with Gasteiger partial charge in [-0.05, 0) is 62.3 Å². The number of nitrogens with zero attached hydrogens (tertiary/aromatic N) is 5. The van der Waals surface area contributed by atoms with Crippen LogP contribution in [0.1, 0.15) is 127 Å². The smallest absolute Gasteiger partial charge is 0.281 e. The topological polar surface area (TPSA) is 111 Å². The van der Waals surface area contributed by atoms with Crippen molar-refractivity contribution in [2.24, 2.45) is 22.1 Å². The highest BCUT2D eigenvalue weighted by Gasteiger charge is 2.23. The minimum atomic E-state index is -0.474. The number of unbranched alkanes of at least 4 members (excludes halogenated alkanes) is 4. The van der Waals surface area contributed by atoms with Crippen molar-refractivity contribution in [2.45, 2.75) is 119 Å². The molecule has 236 valence electrons. The average Bonchev–Trinajstić information content (AvgIpc) is 3.02. The van der Waals surface area contributed by atoms with E-state index in [1.807, 2.05) is 6.07 Å². The third-order valence-corrected chi connectivity index (χ3v) is 8.46. The van der Waals surface area contributed by atoms with Crippen LogP contribution in [0.25, 0.3) is 0 Å². The van der Waals surface area contributed by atoms with Crippen LogP contribution in [0.4, 0.5) is 11.4 Å². The number of carbonyl (C=O) groups excluding carboxylic acids is 1. The SMILES string of the molecule is CCCCCn1c(O)c(C#N)c(C)c(N=Nc2ccc(C(=O)N(CC(CC)CCCC)CC(CC)CCCC)cc2)c1=O. The second-order valence-corrected chi connectivity index (χ2v) is 11.7. The van der Waals surface area contributed by atoms with Crippen molar-refractivity contribution in [3.63, 3.8) is 0 Å². The Labute approximate surface area is 258 Å². The summed E-state index contributed by atoms with van der Waals surface area (Å²) < 4.78 is 1.21. The average molecular weight is 592 g/mol. The molecular formula is C35H53N5O3. The van der Waals surface area contributed by atoms with Gasteiger partial charge in [-0.1, -0.05) is 86.0 Å². The third kappa shape index (κ3) is 10.3. The molecule has 1 aromatic heterocycles. The number of hydrogen-bond acceptors (Lipinski definition) is 6. The van der Waals surface area contributed by atoms with E-state index < -0.39 is 5.56 Å².